The summed E-state index contributed by atoms with van der Waals surface area (Å²) in [6, 6.07) is 14.2. The van der Waals surface area contributed by atoms with Crippen molar-refractivity contribution in [3.05, 3.63) is 70.2 Å². The van der Waals surface area contributed by atoms with Crippen LogP contribution in [0.3, 0.4) is 0 Å². The first-order valence-corrected chi connectivity index (χ1v) is 9.40. The Bertz CT molecular complexity index is 913. The fourth-order valence-corrected chi connectivity index (χ4v) is 3.37. The number of carbonyl (C=O) groups excluding carboxylic acids is 3. The van der Waals surface area contributed by atoms with Crippen molar-refractivity contribution < 1.29 is 14.4 Å². The molecule has 0 unspecified atom stereocenters. The Morgan fingerprint density at radius 1 is 1.18 bits per heavy atom. The number of urea groups is 1. The molecule has 0 aromatic heterocycles. The number of benzene rings is 2. The van der Waals surface area contributed by atoms with E-state index < -0.39 is 23.4 Å². The summed E-state index contributed by atoms with van der Waals surface area (Å²) in [4.78, 5) is 38.3. The summed E-state index contributed by atoms with van der Waals surface area (Å²) in [6.07, 6.45) is 0.605. The van der Waals surface area contributed by atoms with Crippen molar-refractivity contribution in [3.63, 3.8) is 0 Å². The molecule has 1 aliphatic heterocycles. The van der Waals surface area contributed by atoms with Crippen molar-refractivity contribution in [2.75, 3.05) is 13.1 Å². The minimum atomic E-state index is -1.17. The van der Waals surface area contributed by atoms with Gasteiger partial charge in [0, 0.05) is 11.6 Å². The molecule has 0 saturated carbocycles. The molecule has 0 spiro atoms. The monoisotopic (exact) mass is 399 g/mol. The zero-order valence-electron chi connectivity index (χ0n) is 15.8. The van der Waals surface area contributed by atoms with E-state index in [0.717, 1.165) is 16.0 Å². The maximum Gasteiger partial charge on any atom is 0.325 e. The first-order valence-electron chi connectivity index (χ1n) is 9.02. The van der Waals surface area contributed by atoms with E-state index in [1.807, 2.05) is 49.4 Å². The summed E-state index contributed by atoms with van der Waals surface area (Å²) in [5.74, 6) is -0.829. The van der Waals surface area contributed by atoms with Crippen LogP contribution in [0, 0.1) is 6.92 Å². The molecule has 0 aliphatic carbocycles. The Kier molecular flexibility index (Phi) is 5.70. The average molecular weight is 400 g/mol. The van der Waals surface area contributed by atoms with Crippen LogP contribution in [0.5, 0.6) is 0 Å². The molecule has 6 nitrogen and oxygen atoms in total. The van der Waals surface area contributed by atoms with Crippen LogP contribution in [0.4, 0.5) is 4.79 Å². The molecule has 2 aromatic rings. The molecule has 28 heavy (non-hydrogen) atoms. The third kappa shape index (κ3) is 4.17. The van der Waals surface area contributed by atoms with E-state index in [1.165, 1.54) is 0 Å². The number of hydrogen-bond donors (Lipinski definition) is 2. The van der Waals surface area contributed by atoms with Crippen LogP contribution in [-0.4, -0.2) is 35.8 Å². The molecule has 146 valence electrons. The van der Waals surface area contributed by atoms with E-state index in [0.29, 0.717) is 23.6 Å². The molecule has 2 N–H and O–H groups in total. The van der Waals surface area contributed by atoms with Gasteiger partial charge in [-0.25, -0.2) is 4.79 Å². The average Bonchev–Trinajstić information content (AvgIpc) is 2.86. The number of nitrogens with one attached hydrogen (secondary N) is 2. The van der Waals surface area contributed by atoms with Crippen LogP contribution in [0.15, 0.2) is 48.5 Å². The molecule has 7 heteroatoms. The van der Waals surface area contributed by atoms with Gasteiger partial charge in [0.15, 0.2) is 0 Å². The first kappa shape index (κ1) is 19.9. The highest BCUT2D eigenvalue weighted by molar-refractivity contribution is 6.30. The number of carbonyl (C=O) groups is 3. The summed E-state index contributed by atoms with van der Waals surface area (Å²) in [7, 11) is 0. The molecule has 2 aromatic carbocycles. The van der Waals surface area contributed by atoms with Gasteiger partial charge in [-0.3, -0.25) is 14.5 Å². The van der Waals surface area contributed by atoms with Crippen LogP contribution in [-0.2, 0) is 21.5 Å². The van der Waals surface area contributed by atoms with Gasteiger partial charge in [0.1, 0.15) is 12.1 Å². The molecule has 4 amide bonds. The minimum absolute atomic E-state index is 0.318. The van der Waals surface area contributed by atoms with Gasteiger partial charge in [0.2, 0.25) is 5.91 Å². The number of rotatable bonds is 6. The highest BCUT2D eigenvalue weighted by atomic mass is 35.5. The Labute approximate surface area is 168 Å². The number of aryl methyl sites for hydroxylation is 1. The van der Waals surface area contributed by atoms with Crippen molar-refractivity contribution in [2.24, 2.45) is 0 Å². The highest BCUT2D eigenvalue weighted by Crippen LogP contribution is 2.28. The van der Waals surface area contributed by atoms with E-state index in [9.17, 15) is 14.4 Å². The number of hydrogen-bond acceptors (Lipinski definition) is 3. The van der Waals surface area contributed by atoms with Gasteiger partial charge in [-0.2, -0.15) is 0 Å². The van der Waals surface area contributed by atoms with E-state index in [-0.39, 0.29) is 6.54 Å². The Morgan fingerprint density at radius 2 is 1.89 bits per heavy atom. The predicted molar refractivity (Wildman–Crippen MR) is 107 cm³/mol. The second-order valence-corrected chi connectivity index (χ2v) is 7.48. The molecule has 1 aliphatic rings. The lowest BCUT2D eigenvalue weighted by Gasteiger charge is -2.22. The molecule has 0 radical (unpaired) electrons. The summed E-state index contributed by atoms with van der Waals surface area (Å²) in [5, 5.41) is 6.08. The van der Waals surface area contributed by atoms with E-state index in [2.05, 4.69) is 10.6 Å². The van der Waals surface area contributed by atoms with E-state index in [4.69, 9.17) is 11.6 Å². The van der Waals surface area contributed by atoms with Crippen LogP contribution in [0.25, 0.3) is 0 Å². The zero-order chi connectivity index (χ0) is 20.3. The normalized spacial score (nSPS) is 18.9. The Morgan fingerprint density at radius 3 is 2.57 bits per heavy atom. The van der Waals surface area contributed by atoms with E-state index >= 15 is 0 Å². The molecule has 3 rings (SSSR count). The second kappa shape index (κ2) is 8.02. The topological polar surface area (TPSA) is 78.5 Å². The van der Waals surface area contributed by atoms with Crippen molar-refractivity contribution in [1.82, 2.24) is 15.5 Å². The number of nitrogens with zero attached hydrogens (tertiary/aromatic N) is 1. The number of halogens is 1. The molecule has 1 saturated heterocycles. The predicted octanol–water partition coefficient (Wildman–Crippen LogP) is 2.77. The third-order valence-electron chi connectivity index (χ3n) is 4.83. The van der Waals surface area contributed by atoms with Crippen molar-refractivity contribution in [1.29, 1.82) is 0 Å². The van der Waals surface area contributed by atoms with Crippen LogP contribution in [0.1, 0.15) is 23.6 Å². The molecule has 0 bridgehead atoms. The SMILES string of the molecule is Cc1ccc([C@]2(C)NC(=O)N(CC(=O)NCCc3cccc(Cl)c3)C2=O)cc1. The van der Waals surface area contributed by atoms with Gasteiger partial charge in [0.25, 0.3) is 5.91 Å². The van der Waals surface area contributed by atoms with E-state index in [1.54, 1.807) is 13.0 Å². The zero-order valence-corrected chi connectivity index (χ0v) is 16.5. The smallest absolute Gasteiger partial charge is 0.325 e. The molecule has 1 heterocycles. The fraction of sp³-hybridized carbons (Fsp3) is 0.286. The number of amides is 4. The van der Waals surface area contributed by atoms with Crippen LogP contribution < -0.4 is 10.6 Å². The van der Waals surface area contributed by atoms with Crippen LogP contribution in [0.2, 0.25) is 5.02 Å². The van der Waals surface area contributed by atoms with Gasteiger partial charge in [0.05, 0.1) is 0 Å². The van der Waals surface area contributed by atoms with Crippen molar-refractivity contribution in [3.8, 4) is 0 Å². The molecule has 1 atom stereocenters. The summed E-state index contributed by atoms with van der Waals surface area (Å²) >= 11 is 5.94. The lowest BCUT2D eigenvalue weighted by Crippen LogP contribution is -2.43. The van der Waals surface area contributed by atoms with Crippen LogP contribution >= 0.6 is 11.6 Å². The summed E-state index contributed by atoms with van der Waals surface area (Å²) in [5.41, 5.74) is 1.56. The largest absolute Gasteiger partial charge is 0.354 e. The highest BCUT2D eigenvalue weighted by Gasteiger charge is 2.49. The molecular formula is C21H22ClN3O3. The van der Waals surface area contributed by atoms with Crippen molar-refractivity contribution >= 4 is 29.4 Å². The lowest BCUT2D eigenvalue weighted by atomic mass is 9.91. The number of imide groups is 1. The minimum Gasteiger partial charge on any atom is -0.354 e. The van der Waals surface area contributed by atoms with Gasteiger partial charge in [-0.15, -0.1) is 0 Å². The standard InChI is InChI=1S/C21H22ClN3O3/c1-14-6-8-16(9-7-14)21(2)19(27)25(20(28)24-21)13-18(26)23-11-10-15-4-3-5-17(22)12-15/h3-9,12H,10-11,13H2,1-2H3,(H,23,26)(H,24,28)/t21-/m0/s1. The Balaban J connectivity index is 1.59. The maximum atomic E-state index is 12.8. The fourth-order valence-electron chi connectivity index (χ4n) is 3.16. The summed E-state index contributed by atoms with van der Waals surface area (Å²) in [6.45, 7) is 3.66. The van der Waals surface area contributed by atoms with Gasteiger partial charge in [-0.1, -0.05) is 53.6 Å². The maximum absolute atomic E-state index is 12.8. The van der Waals surface area contributed by atoms with Gasteiger partial charge >= 0.3 is 6.03 Å². The van der Waals surface area contributed by atoms with Gasteiger partial charge in [-0.05, 0) is 43.5 Å². The van der Waals surface area contributed by atoms with Crippen molar-refractivity contribution in [2.45, 2.75) is 25.8 Å². The Hall–Kier alpha value is -2.86. The molecular weight excluding hydrogens is 378 g/mol. The summed E-state index contributed by atoms with van der Waals surface area (Å²) < 4.78 is 0. The third-order valence-corrected chi connectivity index (χ3v) is 5.07. The lowest BCUT2D eigenvalue weighted by molar-refractivity contribution is -0.134. The van der Waals surface area contributed by atoms with Gasteiger partial charge < -0.3 is 10.6 Å². The molecule has 1 fully saturated rings. The quantitative estimate of drug-likeness (QED) is 0.733. The second-order valence-electron chi connectivity index (χ2n) is 7.04. The first-order chi connectivity index (χ1) is 13.3.